The van der Waals surface area contributed by atoms with E-state index in [1.807, 2.05) is 0 Å². The van der Waals surface area contributed by atoms with Gasteiger partial charge in [0.1, 0.15) is 5.78 Å². The second-order valence-corrected chi connectivity index (χ2v) is 9.89. The van der Waals surface area contributed by atoms with Crippen LogP contribution < -0.4 is 0 Å². The first-order valence-electron chi connectivity index (χ1n) is 9.26. The highest BCUT2D eigenvalue weighted by molar-refractivity contribution is 5.89. The first-order valence-corrected chi connectivity index (χ1v) is 9.26. The predicted octanol–water partition coefficient (Wildman–Crippen LogP) is 4.60. The van der Waals surface area contributed by atoms with Crippen LogP contribution in [0.4, 0.5) is 0 Å². The smallest absolute Gasteiger partial charge is 0.142 e. The van der Waals surface area contributed by atoms with Crippen molar-refractivity contribution in [2.45, 2.75) is 85.7 Å². The molecule has 0 bridgehead atoms. The van der Waals surface area contributed by atoms with Gasteiger partial charge in [0, 0.05) is 6.42 Å². The summed E-state index contributed by atoms with van der Waals surface area (Å²) in [6, 6.07) is 0. The first kappa shape index (κ1) is 16.5. The molecule has 1 spiro atoms. The van der Waals surface area contributed by atoms with E-state index in [4.69, 9.17) is 0 Å². The molecule has 0 saturated heterocycles. The molecular weight excluding hydrogens is 272 g/mol. The molecule has 0 radical (unpaired) electrons. The predicted molar refractivity (Wildman–Crippen MR) is 89.5 cm³/mol. The zero-order chi connectivity index (χ0) is 16.6. The van der Waals surface area contributed by atoms with E-state index in [0.717, 1.165) is 25.7 Å². The first-order chi connectivity index (χ1) is 10.0. The Balaban J connectivity index is 2.20. The standard InChI is InChI=1S/C20H34O2/c1-13-9-10-19(16(21)11-13)18(5,6)17(3,4)15-8-7-14(2)12-20(15,19)22/h13-15,22H,7-12H2,1-6H3/t13-,14-,15-,19-,20+/m1/s1. The van der Waals surface area contributed by atoms with Crippen molar-refractivity contribution in [2.24, 2.45) is 34.0 Å². The number of carbonyl (C=O) groups excluding carboxylic acids is 1. The third kappa shape index (κ3) is 1.63. The van der Waals surface area contributed by atoms with Gasteiger partial charge in [-0.05, 0) is 54.3 Å². The molecule has 3 aliphatic rings. The van der Waals surface area contributed by atoms with Crippen LogP contribution in [-0.2, 0) is 4.79 Å². The van der Waals surface area contributed by atoms with E-state index in [1.165, 1.54) is 6.42 Å². The van der Waals surface area contributed by atoms with Crippen LogP contribution in [0.5, 0.6) is 0 Å². The second-order valence-electron chi connectivity index (χ2n) is 9.89. The van der Waals surface area contributed by atoms with Gasteiger partial charge in [-0.25, -0.2) is 0 Å². The van der Waals surface area contributed by atoms with E-state index in [1.54, 1.807) is 0 Å². The van der Waals surface area contributed by atoms with Gasteiger partial charge in [-0.15, -0.1) is 0 Å². The molecule has 5 atom stereocenters. The lowest BCUT2D eigenvalue weighted by atomic mass is 9.50. The summed E-state index contributed by atoms with van der Waals surface area (Å²) < 4.78 is 0. The van der Waals surface area contributed by atoms with Gasteiger partial charge in [0.2, 0.25) is 0 Å². The lowest BCUT2D eigenvalue weighted by molar-refractivity contribution is -0.178. The number of aliphatic hydroxyl groups is 1. The summed E-state index contributed by atoms with van der Waals surface area (Å²) in [6.45, 7) is 13.6. The molecule has 3 fully saturated rings. The molecule has 0 aromatic carbocycles. The van der Waals surface area contributed by atoms with E-state index in [2.05, 4.69) is 41.5 Å². The average Bonchev–Trinajstić information content (AvgIpc) is 2.46. The number of hydrogen-bond donors (Lipinski definition) is 1. The van der Waals surface area contributed by atoms with Gasteiger partial charge in [0.25, 0.3) is 0 Å². The Labute approximate surface area is 136 Å². The second kappa shape index (κ2) is 4.59. The molecule has 0 amide bonds. The third-order valence-corrected chi connectivity index (χ3v) is 8.49. The number of hydrogen-bond acceptors (Lipinski definition) is 2. The molecule has 0 aromatic rings. The molecule has 0 heterocycles. The fraction of sp³-hybridized carbons (Fsp3) is 0.950. The molecule has 2 heteroatoms. The molecule has 126 valence electrons. The fourth-order valence-electron chi connectivity index (χ4n) is 6.74. The Morgan fingerprint density at radius 1 is 1.00 bits per heavy atom. The van der Waals surface area contributed by atoms with E-state index >= 15 is 0 Å². The normalized spacial score (nSPS) is 50.1. The molecule has 22 heavy (non-hydrogen) atoms. The molecule has 1 N–H and O–H groups in total. The van der Waals surface area contributed by atoms with Gasteiger partial charge < -0.3 is 5.11 Å². The van der Waals surface area contributed by atoms with Crippen LogP contribution in [0.25, 0.3) is 0 Å². The molecule has 3 rings (SSSR count). The van der Waals surface area contributed by atoms with Crippen LogP contribution in [0.1, 0.15) is 80.1 Å². The minimum Gasteiger partial charge on any atom is -0.389 e. The minimum absolute atomic E-state index is 0.00186. The van der Waals surface area contributed by atoms with E-state index in [0.29, 0.717) is 24.0 Å². The van der Waals surface area contributed by atoms with Gasteiger partial charge in [-0.3, -0.25) is 4.79 Å². The lowest BCUT2D eigenvalue weighted by Crippen LogP contribution is -2.60. The molecule has 3 saturated carbocycles. The van der Waals surface area contributed by atoms with Crippen molar-refractivity contribution in [1.29, 1.82) is 0 Å². The van der Waals surface area contributed by atoms with E-state index in [-0.39, 0.29) is 16.7 Å². The Bertz CT molecular complexity index is 492. The molecule has 2 nitrogen and oxygen atoms in total. The van der Waals surface area contributed by atoms with Crippen LogP contribution in [0.3, 0.4) is 0 Å². The Morgan fingerprint density at radius 3 is 2.23 bits per heavy atom. The number of carbonyl (C=O) groups is 1. The van der Waals surface area contributed by atoms with Gasteiger partial charge in [0.15, 0.2) is 0 Å². The number of Topliss-reactive ketones (excluding diaryl/α,β-unsaturated/α-hetero) is 1. The summed E-state index contributed by atoms with van der Waals surface area (Å²) in [5.41, 5.74) is -1.48. The van der Waals surface area contributed by atoms with Gasteiger partial charge >= 0.3 is 0 Å². The van der Waals surface area contributed by atoms with E-state index < -0.39 is 11.0 Å². The molecule has 0 unspecified atom stereocenters. The average molecular weight is 306 g/mol. The van der Waals surface area contributed by atoms with Crippen molar-refractivity contribution in [3.8, 4) is 0 Å². The summed E-state index contributed by atoms with van der Waals surface area (Å²) in [6.07, 6.45) is 5.68. The van der Waals surface area contributed by atoms with Crippen molar-refractivity contribution in [2.75, 3.05) is 0 Å². The summed E-state index contributed by atoms with van der Waals surface area (Å²) >= 11 is 0. The number of ketones is 1. The van der Waals surface area contributed by atoms with E-state index in [9.17, 15) is 9.90 Å². The Hall–Kier alpha value is -0.370. The zero-order valence-corrected chi connectivity index (χ0v) is 15.3. The largest absolute Gasteiger partial charge is 0.389 e. The lowest BCUT2D eigenvalue weighted by Gasteiger charge is -2.54. The van der Waals surface area contributed by atoms with Crippen molar-refractivity contribution < 1.29 is 9.90 Å². The van der Waals surface area contributed by atoms with Crippen molar-refractivity contribution in [3.05, 3.63) is 0 Å². The zero-order valence-electron chi connectivity index (χ0n) is 15.3. The van der Waals surface area contributed by atoms with Crippen LogP contribution in [-0.4, -0.2) is 16.5 Å². The molecular formula is C20H34O2. The maximum absolute atomic E-state index is 13.3. The molecule has 0 aromatic heterocycles. The number of fused-ring (bicyclic) bond motifs is 2. The monoisotopic (exact) mass is 306 g/mol. The third-order valence-electron chi connectivity index (χ3n) is 8.49. The highest BCUT2D eigenvalue weighted by Crippen LogP contribution is 2.75. The SMILES string of the molecule is C[C@@H]1CC[C@@]2(C(=O)C1)C(C)(C)C(C)(C)[C@H]1CC[C@@H](C)C[C@]12O. The molecule has 0 aliphatic heterocycles. The summed E-state index contributed by atoms with van der Waals surface area (Å²) in [4.78, 5) is 13.3. The summed E-state index contributed by atoms with van der Waals surface area (Å²) in [5.74, 6) is 1.60. The van der Waals surface area contributed by atoms with Crippen LogP contribution in [0, 0.1) is 34.0 Å². The fourth-order valence-corrected chi connectivity index (χ4v) is 6.74. The van der Waals surface area contributed by atoms with Gasteiger partial charge in [0.05, 0.1) is 11.0 Å². The van der Waals surface area contributed by atoms with Crippen molar-refractivity contribution >= 4 is 5.78 Å². The topological polar surface area (TPSA) is 37.3 Å². The van der Waals surface area contributed by atoms with Gasteiger partial charge in [-0.1, -0.05) is 48.0 Å². The Morgan fingerprint density at radius 2 is 1.64 bits per heavy atom. The van der Waals surface area contributed by atoms with Crippen molar-refractivity contribution in [1.82, 2.24) is 0 Å². The highest BCUT2D eigenvalue weighted by Gasteiger charge is 2.77. The van der Waals surface area contributed by atoms with Crippen LogP contribution in [0.2, 0.25) is 0 Å². The van der Waals surface area contributed by atoms with Crippen LogP contribution >= 0.6 is 0 Å². The Kier molecular flexibility index (Phi) is 3.44. The van der Waals surface area contributed by atoms with Crippen molar-refractivity contribution in [3.63, 3.8) is 0 Å². The molecule has 3 aliphatic carbocycles. The van der Waals surface area contributed by atoms with Crippen LogP contribution in [0.15, 0.2) is 0 Å². The van der Waals surface area contributed by atoms with Gasteiger partial charge in [-0.2, -0.15) is 0 Å². The summed E-state index contributed by atoms with van der Waals surface area (Å²) in [7, 11) is 0. The number of rotatable bonds is 0. The minimum atomic E-state index is -0.797. The summed E-state index contributed by atoms with van der Waals surface area (Å²) in [5, 5.41) is 12.0. The quantitative estimate of drug-likeness (QED) is 0.710. The maximum atomic E-state index is 13.3. The highest BCUT2D eigenvalue weighted by atomic mass is 16.3. The maximum Gasteiger partial charge on any atom is 0.142 e.